The van der Waals surface area contributed by atoms with Gasteiger partial charge in [0.05, 0.1) is 6.61 Å². The first-order valence-electron chi connectivity index (χ1n) is 8.04. The van der Waals surface area contributed by atoms with Crippen LogP contribution < -0.4 is 0 Å². The minimum atomic E-state index is -1.37. The molecule has 22 heavy (non-hydrogen) atoms. The summed E-state index contributed by atoms with van der Waals surface area (Å²) in [7, 11) is 0. The molecule has 1 aliphatic rings. The summed E-state index contributed by atoms with van der Waals surface area (Å²) < 4.78 is 10.7. The second kappa shape index (κ2) is 13.1. The van der Waals surface area contributed by atoms with E-state index in [2.05, 4.69) is 6.92 Å². The molecule has 0 radical (unpaired) electrons. The molecule has 4 N–H and O–H groups in total. The summed E-state index contributed by atoms with van der Waals surface area (Å²) >= 11 is 0. The molecule has 7 heteroatoms. The fourth-order valence-electron chi connectivity index (χ4n) is 2.46. The average molecular weight is 330 g/mol. The topological polar surface area (TPSA) is 99.4 Å². The van der Waals surface area contributed by atoms with Crippen LogP contribution in [0.25, 0.3) is 0 Å². The van der Waals surface area contributed by atoms with Crippen LogP contribution in [0.2, 0.25) is 0 Å². The van der Waals surface area contributed by atoms with Gasteiger partial charge >= 0.3 is 29.6 Å². The first kappa shape index (κ1) is 22.8. The van der Waals surface area contributed by atoms with E-state index in [0.29, 0.717) is 6.61 Å². The van der Waals surface area contributed by atoms with E-state index in [-0.39, 0.29) is 29.6 Å². The van der Waals surface area contributed by atoms with E-state index in [0.717, 1.165) is 19.3 Å². The second-order valence-electron chi connectivity index (χ2n) is 5.69. The van der Waals surface area contributed by atoms with Crippen LogP contribution in [-0.4, -0.2) is 93.9 Å². The van der Waals surface area contributed by atoms with Gasteiger partial charge in [0.1, 0.15) is 24.4 Å². The van der Waals surface area contributed by atoms with Gasteiger partial charge in [-0.05, 0) is 6.42 Å². The van der Waals surface area contributed by atoms with E-state index in [1.807, 2.05) is 0 Å². The van der Waals surface area contributed by atoms with Crippen LogP contribution in [0.4, 0.5) is 0 Å². The Labute approximate surface area is 155 Å². The van der Waals surface area contributed by atoms with E-state index in [4.69, 9.17) is 14.6 Å². The number of aliphatic hydroxyl groups excluding tert-OH is 4. The molecule has 0 aliphatic carbocycles. The molecule has 0 spiro atoms. The van der Waals surface area contributed by atoms with Crippen LogP contribution in [0.15, 0.2) is 0 Å². The molecule has 0 aromatic heterocycles. The third-order valence-electron chi connectivity index (χ3n) is 3.88. The molecule has 128 valence electrons. The predicted octanol–water partition coefficient (Wildman–Crippen LogP) is -0.0950. The molecule has 5 atom stereocenters. The Morgan fingerprint density at radius 1 is 0.864 bits per heavy atom. The van der Waals surface area contributed by atoms with Crippen molar-refractivity contribution in [3.8, 4) is 0 Å². The monoisotopic (exact) mass is 330 g/mol. The number of aliphatic hydroxyl groups is 4. The van der Waals surface area contributed by atoms with Crippen LogP contribution in [0.1, 0.15) is 51.9 Å². The Morgan fingerprint density at radius 2 is 1.45 bits per heavy atom. The van der Waals surface area contributed by atoms with Crippen LogP contribution in [-0.2, 0) is 9.47 Å². The van der Waals surface area contributed by atoms with Crippen LogP contribution in [0.5, 0.6) is 0 Å². The van der Waals surface area contributed by atoms with Gasteiger partial charge in [-0.1, -0.05) is 45.4 Å². The van der Waals surface area contributed by atoms with Crippen molar-refractivity contribution >= 4 is 29.6 Å². The Balaban J connectivity index is 0.00000441. The number of rotatable bonds is 10. The minimum absolute atomic E-state index is 0. The molecule has 1 unspecified atom stereocenters. The fraction of sp³-hybridized carbons (Fsp3) is 1.00. The summed E-state index contributed by atoms with van der Waals surface area (Å²) in [5, 5.41) is 38.1. The summed E-state index contributed by atoms with van der Waals surface area (Å²) in [6.45, 7) is 2.19. The van der Waals surface area contributed by atoms with E-state index in [1.165, 1.54) is 25.7 Å². The molecular weight excluding hydrogens is 299 g/mol. The molecule has 1 rings (SSSR count). The molecule has 6 nitrogen and oxygen atoms in total. The molecule has 1 heterocycles. The third-order valence-corrected chi connectivity index (χ3v) is 3.88. The zero-order valence-corrected chi connectivity index (χ0v) is 12.9. The molecule has 0 aromatic rings. The summed E-state index contributed by atoms with van der Waals surface area (Å²) in [5.41, 5.74) is 0. The molecule has 1 saturated heterocycles. The summed E-state index contributed by atoms with van der Waals surface area (Å²) in [6, 6.07) is 0. The van der Waals surface area contributed by atoms with E-state index >= 15 is 0 Å². The molecule has 0 bridgehead atoms. The Kier molecular flexibility index (Phi) is 13.5. The number of hydrogen-bond donors (Lipinski definition) is 4. The van der Waals surface area contributed by atoms with Gasteiger partial charge < -0.3 is 29.9 Å². The number of hydrogen-bond acceptors (Lipinski definition) is 6. The summed E-state index contributed by atoms with van der Waals surface area (Å²) in [4.78, 5) is 0. The standard InChI is InChI=1S/C15H30O6.Na.H/c1-2-3-4-5-6-7-8-9-20-15-14(19)13(18)12(17)11(10-16)21-15;;/h11-19H,2-10H2,1H3;;/t11-,12-,13+,14-,15?;;/m1../s1. The average Bonchev–Trinajstić information content (AvgIpc) is 2.49. The van der Waals surface area contributed by atoms with Gasteiger partial charge in [0.15, 0.2) is 6.29 Å². The molecule has 1 aliphatic heterocycles. The van der Waals surface area contributed by atoms with Crippen molar-refractivity contribution in [2.24, 2.45) is 0 Å². The van der Waals surface area contributed by atoms with Crippen molar-refractivity contribution in [3.05, 3.63) is 0 Å². The first-order valence-corrected chi connectivity index (χ1v) is 8.04. The Hall–Kier alpha value is 0.760. The maximum absolute atomic E-state index is 9.78. The molecule has 0 amide bonds. The molecule has 0 aromatic carbocycles. The van der Waals surface area contributed by atoms with Gasteiger partial charge in [-0.3, -0.25) is 0 Å². The quantitative estimate of drug-likeness (QED) is 0.330. The van der Waals surface area contributed by atoms with Gasteiger partial charge in [-0.25, -0.2) is 0 Å². The van der Waals surface area contributed by atoms with Gasteiger partial charge in [-0.2, -0.15) is 0 Å². The van der Waals surface area contributed by atoms with Crippen molar-refractivity contribution in [1.29, 1.82) is 0 Å². The second-order valence-corrected chi connectivity index (χ2v) is 5.69. The molecule has 1 fully saturated rings. The van der Waals surface area contributed by atoms with E-state index < -0.39 is 37.3 Å². The molecular formula is C15H31NaO6. The van der Waals surface area contributed by atoms with E-state index in [9.17, 15) is 15.3 Å². The SMILES string of the molecule is CCCCCCCCCOC1O[C@H](CO)[C@@H](O)[C@H](O)[C@H]1O.[NaH]. The van der Waals surface area contributed by atoms with Crippen molar-refractivity contribution in [3.63, 3.8) is 0 Å². The van der Waals surface area contributed by atoms with Gasteiger partial charge in [0, 0.05) is 6.61 Å². The Bertz CT molecular complexity index is 266. The van der Waals surface area contributed by atoms with Crippen molar-refractivity contribution in [2.75, 3.05) is 13.2 Å². The van der Waals surface area contributed by atoms with Crippen molar-refractivity contribution in [1.82, 2.24) is 0 Å². The molecule has 0 saturated carbocycles. The van der Waals surface area contributed by atoms with Crippen molar-refractivity contribution < 1.29 is 29.9 Å². The normalized spacial score (nSPS) is 31.8. The maximum atomic E-state index is 9.78. The van der Waals surface area contributed by atoms with Gasteiger partial charge in [0.2, 0.25) is 0 Å². The van der Waals surface area contributed by atoms with Crippen molar-refractivity contribution in [2.45, 2.75) is 82.6 Å². The third kappa shape index (κ3) is 7.55. The number of ether oxygens (including phenoxy) is 2. The predicted molar refractivity (Wildman–Crippen MR) is 84.9 cm³/mol. The zero-order chi connectivity index (χ0) is 15.7. The first-order chi connectivity index (χ1) is 10.1. The van der Waals surface area contributed by atoms with Crippen LogP contribution in [0.3, 0.4) is 0 Å². The summed E-state index contributed by atoms with van der Waals surface area (Å²) in [5.74, 6) is 0. The van der Waals surface area contributed by atoms with Gasteiger partial charge in [0.25, 0.3) is 0 Å². The Morgan fingerprint density at radius 3 is 2.05 bits per heavy atom. The van der Waals surface area contributed by atoms with E-state index in [1.54, 1.807) is 0 Å². The van der Waals surface area contributed by atoms with Crippen LogP contribution >= 0.6 is 0 Å². The summed E-state index contributed by atoms with van der Waals surface area (Å²) in [6.07, 6.45) is 2.20. The number of unbranched alkanes of at least 4 members (excludes halogenated alkanes) is 6. The zero-order valence-electron chi connectivity index (χ0n) is 12.9. The van der Waals surface area contributed by atoms with Crippen LogP contribution in [0, 0.1) is 0 Å². The van der Waals surface area contributed by atoms with Gasteiger partial charge in [-0.15, -0.1) is 0 Å². The fourth-order valence-corrected chi connectivity index (χ4v) is 2.46.